The summed E-state index contributed by atoms with van der Waals surface area (Å²) in [5.41, 5.74) is 6.90. The van der Waals surface area contributed by atoms with Crippen LogP contribution in [0.2, 0.25) is 0 Å². The number of benzene rings is 1. The minimum Gasteiger partial charge on any atom is -0.508 e. The standard InChI is InChI=1S/C11H17NO/c1-8(9(2)12)6-10-4-3-5-11(13)7-10/h3-5,7-9,13H,6,12H2,1-2H3. The SMILES string of the molecule is CC(N)C(C)Cc1cccc(O)c1. The largest absolute Gasteiger partial charge is 0.508 e. The van der Waals surface area contributed by atoms with Crippen LogP contribution in [0.5, 0.6) is 5.75 Å². The van der Waals surface area contributed by atoms with Crippen molar-refractivity contribution in [2.75, 3.05) is 0 Å². The number of nitrogens with two attached hydrogens (primary N) is 1. The number of hydrogen-bond donors (Lipinski definition) is 2. The third-order valence-corrected chi connectivity index (χ3v) is 2.37. The van der Waals surface area contributed by atoms with Gasteiger partial charge in [-0.25, -0.2) is 0 Å². The second-order valence-electron chi connectivity index (χ2n) is 3.71. The fourth-order valence-electron chi connectivity index (χ4n) is 1.24. The van der Waals surface area contributed by atoms with E-state index in [0.717, 1.165) is 12.0 Å². The van der Waals surface area contributed by atoms with E-state index in [-0.39, 0.29) is 6.04 Å². The molecule has 0 heterocycles. The Kier molecular flexibility index (Phi) is 3.32. The van der Waals surface area contributed by atoms with E-state index in [1.807, 2.05) is 19.1 Å². The molecule has 0 saturated carbocycles. The maximum Gasteiger partial charge on any atom is 0.115 e. The molecule has 0 spiro atoms. The zero-order valence-electron chi connectivity index (χ0n) is 8.20. The van der Waals surface area contributed by atoms with E-state index in [2.05, 4.69) is 6.92 Å². The Morgan fingerprint density at radius 1 is 1.38 bits per heavy atom. The molecule has 2 unspecified atom stereocenters. The Hall–Kier alpha value is -1.02. The molecule has 2 nitrogen and oxygen atoms in total. The molecule has 3 N–H and O–H groups in total. The Bertz CT molecular complexity index is 271. The lowest BCUT2D eigenvalue weighted by Crippen LogP contribution is -2.25. The van der Waals surface area contributed by atoms with Crippen LogP contribution >= 0.6 is 0 Å². The van der Waals surface area contributed by atoms with E-state index in [9.17, 15) is 5.11 Å². The van der Waals surface area contributed by atoms with Crippen molar-refractivity contribution in [1.29, 1.82) is 0 Å². The third kappa shape index (κ3) is 3.07. The molecule has 13 heavy (non-hydrogen) atoms. The number of phenols is 1. The molecule has 0 aliphatic carbocycles. The van der Waals surface area contributed by atoms with Gasteiger partial charge >= 0.3 is 0 Å². The quantitative estimate of drug-likeness (QED) is 0.744. The molecule has 0 amide bonds. The first kappa shape index (κ1) is 10.1. The third-order valence-electron chi connectivity index (χ3n) is 2.37. The van der Waals surface area contributed by atoms with Crippen LogP contribution < -0.4 is 5.73 Å². The van der Waals surface area contributed by atoms with Crippen LogP contribution in [0, 0.1) is 5.92 Å². The summed E-state index contributed by atoms with van der Waals surface area (Å²) < 4.78 is 0. The normalized spacial score (nSPS) is 15.3. The molecule has 1 aromatic rings. The number of aromatic hydroxyl groups is 1. The Labute approximate surface area is 79.4 Å². The molecule has 2 atom stereocenters. The van der Waals surface area contributed by atoms with Crippen LogP contribution in [0.15, 0.2) is 24.3 Å². The van der Waals surface area contributed by atoms with Gasteiger partial charge in [0.25, 0.3) is 0 Å². The van der Waals surface area contributed by atoms with Gasteiger partial charge in [0.1, 0.15) is 5.75 Å². The molecule has 0 aliphatic rings. The summed E-state index contributed by atoms with van der Waals surface area (Å²) in [6.07, 6.45) is 0.923. The van der Waals surface area contributed by atoms with Gasteiger partial charge < -0.3 is 10.8 Å². The average molecular weight is 179 g/mol. The highest BCUT2D eigenvalue weighted by molar-refractivity contribution is 5.27. The van der Waals surface area contributed by atoms with Gasteiger partial charge in [0.05, 0.1) is 0 Å². The van der Waals surface area contributed by atoms with Crippen LogP contribution in [0.25, 0.3) is 0 Å². The van der Waals surface area contributed by atoms with Gasteiger partial charge in [0, 0.05) is 6.04 Å². The Morgan fingerprint density at radius 3 is 2.62 bits per heavy atom. The smallest absolute Gasteiger partial charge is 0.115 e. The van der Waals surface area contributed by atoms with Crippen molar-refractivity contribution >= 4 is 0 Å². The fourth-order valence-corrected chi connectivity index (χ4v) is 1.24. The summed E-state index contributed by atoms with van der Waals surface area (Å²) >= 11 is 0. The molecule has 72 valence electrons. The molecule has 1 aromatic carbocycles. The number of rotatable bonds is 3. The zero-order chi connectivity index (χ0) is 9.84. The predicted molar refractivity (Wildman–Crippen MR) is 54.6 cm³/mol. The van der Waals surface area contributed by atoms with Crippen LogP contribution in [0.4, 0.5) is 0 Å². The summed E-state index contributed by atoms with van der Waals surface area (Å²) in [6, 6.07) is 7.54. The van der Waals surface area contributed by atoms with Gasteiger partial charge in [-0.15, -0.1) is 0 Å². The van der Waals surface area contributed by atoms with Crippen molar-refractivity contribution in [3.63, 3.8) is 0 Å². The minimum absolute atomic E-state index is 0.197. The maximum absolute atomic E-state index is 9.23. The molecule has 0 aromatic heterocycles. The van der Waals surface area contributed by atoms with Gasteiger partial charge in [-0.1, -0.05) is 19.1 Å². The van der Waals surface area contributed by atoms with Crippen molar-refractivity contribution in [2.45, 2.75) is 26.3 Å². The van der Waals surface area contributed by atoms with Crippen LogP contribution in [0.1, 0.15) is 19.4 Å². The molecule has 0 radical (unpaired) electrons. The first-order valence-electron chi connectivity index (χ1n) is 4.63. The predicted octanol–water partition coefficient (Wildman–Crippen LogP) is 1.92. The number of hydrogen-bond acceptors (Lipinski definition) is 2. The van der Waals surface area contributed by atoms with E-state index in [4.69, 9.17) is 5.73 Å². The molecule has 0 fully saturated rings. The number of phenolic OH excluding ortho intramolecular Hbond substituents is 1. The highest BCUT2D eigenvalue weighted by Crippen LogP contribution is 2.15. The monoisotopic (exact) mass is 179 g/mol. The summed E-state index contributed by atoms with van der Waals surface area (Å²) in [5.74, 6) is 0.774. The summed E-state index contributed by atoms with van der Waals surface area (Å²) in [7, 11) is 0. The van der Waals surface area contributed by atoms with E-state index < -0.39 is 0 Å². The van der Waals surface area contributed by atoms with Crippen molar-refractivity contribution in [1.82, 2.24) is 0 Å². The molecular weight excluding hydrogens is 162 g/mol. The van der Waals surface area contributed by atoms with Crippen molar-refractivity contribution in [3.8, 4) is 5.75 Å². The summed E-state index contributed by atoms with van der Waals surface area (Å²) in [6.45, 7) is 4.13. The highest BCUT2D eigenvalue weighted by atomic mass is 16.3. The molecule has 0 aliphatic heterocycles. The van der Waals surface area contributed by atoms with E-state index in [1.54, 1.807) is 12.1 Å². The topological polar surface area (TPSA) is 46.2 Å². The molecule has 0 saturated heterocycles. The first-order chi connectivity index (χ1) is 6.09. The molecule has 1 rings (SSSR count). The van der Waals surface area contributed by atoms with E-state index in [0.29, 0.717) is 11.7 Å². The average Bonchev–Trinajstić information content (AvgIpc) is 2.04. The maximum atomic E-state index is 9.23. The highest BCUT2D eigenvalue weighted by Gasteiger charge is 2.08. The van der Waals surface area contributed by atoms with Crippen LogP contribution in [0.3, 0.4) is 0 Å². The minimum atomic E-state index is 0.197. The lowest BCUT2D eigenvalue weighted by atomic mass is 9.95. The van der Waals surface area contributed by atoms with Crippen LogP contribution in [-0.2, 0) is 6.42 Å². The van der Waals surface area contributed by atoms with E-state index >= 15 is 0 Å². The molecule has 0 bridgehead atoms. The van der Waals surface area contributed by atoms with Crippen LogP contribution in [-0.4, -0.2) is 11.1 Å². The Balaban J connectivity index is 2.64. The second kappa shape index (κ2) is 4.28. The first-order valence-corrected chi connectivity index (χ1v) is 4.63. The van der Waals surface area contributed by atoms with E-state index in [1.165, 1.54) is 0 Å². The molecular formula is C11H17NO. The molecule has 2 heteroatoms. The Morgan fingerprint density at radius 2 is 2.08 bits per heavy atom. The van der Waals surface area contributed by atoms with Gasteiger partial charge in [0.15, 0.2) is 0 Å². The fraction of sp³-hybridized carbons (Fsp3) is 0.455. The summed E-state index contributed by atoms with van der Waals surface area (Å²) in [5, 5.41) is 9.23. The van der Waals surface area contributed by atoms with Gasteiger partial charge in [-0.3, -0.25) is 0 Å². The van der Waals surface area contributed by atoms with Crippen molar-refractivity contribution in [3.05, 3.63) is 29.8 Å². The zero-order valence-corrected chi connectivity index (χ0v) is 8.20. The van der Waals surface area contributed by atoms with Gasteiger partial charge in [0.2, 0.25) is 0 Å². The summed E-state index contributed by atoms with van der Waals surface area (Å²) in [4.78, 5) is 0. The van der Waals surface area contributed by atoms with Crippen molar-refractivity contribution in [2.24, 2.45) is 11.7 Å². The lowest BCUT2D eigenvalue weighted by molar-refractivity contribution is 0.466. The lowest BCUT2D eigenvalue weighted by Gasteiger charge is -2.15. The van der Waals surface area contributed by atoms with Gasteiger partial charge in [-0.05, 0) is 37.0 Å². The van der Waals surface area contributed by atoms with Gasteiger partial charge in [-0.2, -0.15) is 0 Å². The van der Waals surface area contributed by atoms with Crippen molar-refractivity contribution < 1.29 is 5.11 Å². The second-order valence-corrected chi connectivity index (χ2v) is 3.71.